The first-order chi connectivity index (χ1) is 10.5. The molecule has 0 spiro atoms. The van der Waals surface area contributed by atoms with Crippen LogP contribution >= 0.6 is 0 Å². The molecule has 0 unspecified atom stereocenters. The van der Waals surface area contributed by atoms with Crippen LogP contribution < -0.4 is 0 Å². The van der Waals surface area contributed by atoms with Gasteiger partial charge in [-0.05, 0) is 37.0 Å². The molecule has 2 aliphatic rings. The predicted octanol–water partition coefficient (Wildman–Crippen LogP) is 1.52. The summed E-state index contributed by atoms with van der Waals surface area (Å²) in [7, 11) is -3.27. The van der Waals surface area contributed by atoms with Gasteiger partial charge in [-0.15, -0.1) is 0 Å². The summed E-state index contributed by atoms with van der Waals surface area (Å²) in [4.78, 5) is 14.2. The predicted molar refractivity (Wildman–Crippen MR) is 80.1 cm³/mol. The Labute approximate surface area is 129 Å². The maximum absolute atomic E-state index is 13.4. The lowest BCUT2D eigenvalue weighted by atomic mass is 10.0. The number of hydrogen-bond donors (Lipinski definition) is 0. The molecule has 120 valence electrons. The first kappa shape index (κ1) is 15.4. The normalized spacial score (nSPS) is 24.8. The van der Waals surface area contributed by atoms with Gasteiger partial charge in [0.15, 0.2) is 0 Å². The summed E-state index contributed by atoms with van der Waals surface area (Å²) in [5.74, 6) is -0.399. The van der Waals surface area contributed by atoms with Crippen LogP contribution in [0, 0.1) is 5.82 Å². The molecule has 0 saturated carbocycles. The summed E-state index contributed by atoms with van der Waals surface area (Å²) < 4.78 is 38.3. The van der Waals surface area contributed by atoms with E-state index in [9.17, 15) is 17.6 Å². The molecule has 7 heteroatoms. The Morgan fingerprint density at radius 2 is 2.09 bits per heavy atom. The molecule has 5 nitrogen and oxygen atoms in total. The largest absolute Gasteiger partial charge is 0.335 e. The second-order valence-corrected chi connectivity index (χ2v) is 7.89. The van der Waals surface area contributed by atoms with Crippen molar-refractivity contribution in [3.63, 3.8) is 0 Å². The van der Waals surface area contributed by atoms with Crippen LogP contribution in [-0.2, 0) is 14.8 Å². The van der Waals surface area contributed by atoms with Crippen LogP contribution in [0.3, 0.4) is 0 Å². The van der Waals surface area contributed by atoms with Gasteiger partial charge in [-0.2, -0.15) is 4.31 Å². The van der Waals surface area contributed by atoms with Crippen LogP contribution in [0.1, 0.15) is 30.9 Å². The smallest absolute Gasteiger partial charge is 0.238 e. The van der Waals surface area contributed by atoms with E-state index < -0.39 is 10.0 Å². The highest BCUT2D eigenvalue weighted by atomic mass is 32.2. The van der Waals surface area contributed by atoms with Gasteiger partial charge >= 0.3 is 0 Å². The van der Waals surface area contributed by atoms with Gasteiger partial charge < -0.3 is 4.90 Å². The molecule has 2 heterocycles. The second kappa shape index (κ2) is 5.96. The molecular weight excluding hydrogens is 307 g/mol. The van der Waals surface area contributed by atoms with Gasteiger partial charge in [0.25, 0.3) is 0 Å². The average molecular weight is 326 g/mol. The van der Waals surface area contributed by atoms with E-state index >= 15 is 0 Å². The molecule has 1 amide bonds. The van der Waals surface area contributed by atoms with Crippen molar-refractivity contribution in [1.29, 1.82) is 0 Å². The number of sulfonamides is 1. The minimum absolute atomic E-state index is 0.103. The fraction of sp³-hybridized carbons (Fsp3) is 0.533. The fourth-order valence-electron chi connectivity index (χ4n) is 3.24. The molecule has 1 aromatic carbocycles. The number of benzene rings is 1. The number of nitrogens with zero attached hydrogens (tertiary/aromatic N) is 2. The van der Waals surface area contributed by atoms with E-state index in [0.29, 0.717) is 19.5 Å². The molecule has 1 atom stereocenters. The first-order valence-electron chi connectivity index (χ1n) is 7.50. The Morgan fingerprint density at radius 1 is 1.27 bits per heavy atom. The molecule has 2 aliphatic heterocycles. The number of carbonyl (C=O) groups is 1. The van der Waals surface area contributed by atoms with E-state index in [0.717, 1.165) is 18.4 Å². The van der Waals surface area contributed by atoms with Crippen molar-refractivity contribution >= 4 is 15.9 Å². The van der Waals surface area contributed by atoms with Crippen molar-refractivity contribution in [3.05, 3.63) is 35.6 Å². The third kappa shape index (κ3) is 3.01. The topological polar surface area (TPSA) is 57.7 Å². The molecule has 2 saturated heterocycles. The second-order valence-electron chi connectivity index (χ2n) is 5.80. The van der Waals surface area contributed by atoms with Gasteiger partial charge in [-0.25, -0.2) is 12.8 Å². The van der Waals surface area contributed by atoms with Crippen molar-refractivity contribution in [2.24, 2.45) is 0 Å². The summed E-state index contributed by atoms with van der Waals surface area (Å²) in [6, 6.07) is 6.11. The highest BCUT2D eigenvalue weighted by Gasteiger charge is 2.35. The highest BCUT2D eigenvalue weighted by molar-refractivity contribution is 7.89. The zero-order valence-electron chi connectivity index (χ0n) is 12.2. The first-order valence-corrected chi connectivity index (χ1v) is 9.11. The third-order valence-corrected chi connectivity index (χ3v) is 6.22. The zero-order chi connectivity index (χ0) is 15.7. The maximum Gasteiger partial charge on any atom is 0.238 e. The number of likely N-dealkylation sites (tertiary alicyclic amines) is 1. The minimum Gasteiger partial charge on any atom is -0.335 e. The van der Waals surface area contributed by atoms with E-state index in [-0.39, 0.29) is 30.1 Å². The summed E-state index contributed by atoms with van der Waals surface area (Å²) >= 11 is 0. The standard InChI is InChI=1S/C15H19FN2O3S/c16-13-5-1-4-12(10-13)14-6-2-8-18(14)15(19)11-17-7-3-9-22(17,20)21/h1,4-5,10,14H,2-3,6-9,11H2/t14-/m1/s1. The fourth-order valence-corrected chi connectivity index (χ4v) is 4.70. The summed E-state index contributed by atoms with van der Waals surface area (Å²) in [6.07, 6.45) is 2.20. The molecule has 0 bridgehead atoms. The SMILES string of the molecule is O=C(CN1CCCS1(=O)=O)N1CCC[C@@H]1c1cccc(F)c1. The molecule has 0 aromatic heterocycles. The molecule has 2 fully saturated rings. The molecular formula is C15H19FN2O3S. The number of hydrogen-bond acceptors (Lipinski definition) is 3. The van der Waals surface area contributed by atoms with Gasteiger partial charge in [0.1, 0.15) is 5.82 Å². The van der Waals surface area contributed by atoms with E-state index in [2.05, 4.69) is 0 Å². The molecule has 0 radical (unpaired) electrons. The number of rotatable bonds is 3. The molecule has 3 rings (SSSR count). The number of amides is 1. The van der Waals surface area contributed by atoms with E-state index in [1.807, 2.05) is 6.07 Å². The Hall–Kier alpha value is -1.47. The molecule has 0 N–H and O–H groups in total. The Bertz CT molecular complexity index is 677. The minimum atomic E-state index is -3.27. The quantitative estimate of drug-likeness (QED) is 0.846. The number of carbonyl (C=O) groups excluding carboxylic acids is 1. The van der Waals surface area contributed by atoms with Crippen LogP contribution in [0.5, 0.6) is 0 Å². The van der Waals surface area contributed by atoms with Crippen molar-refractivity contribution in [3.8, 4) is 0 Å². The van der Waals surface area contributed by atoms with Crippen molar-refractivity contribution in [2.45, 2.75) is 25.3 Å². The van der Waals surface area contributed by atoms with Crippen LogP contribution in [0.15, 0.2) is 24.3 Å². The molecule has 22 heavy (non-hydrogen) atoms. The van der Waals surface area contributed by atoms with Crippen LogP contribution in [-0.4, -0.2) is 48.9 Å². The number of halogens is 1. The Kier molecular flexibility index (Phi) is 4.18. The van der Waals surface area contributed by atoms with Gasteiger partial charge in [0.05, 0.1) is 18.3 Å². The summed E-state index contributed by atoms with van der Waals surface area (Å²) in [5, 5.41) is 0. The lowest BCUT2D eigenvalue weighted by Crippen LogP contribution is -2.40. The average Bonchev–Trinajstić information content (AvgIpc) is 3.06. The lowest BCUT2D eigenvalue weighted by molar-refractivity contribution is -0.132. The monoisotopic (exact) mass is 326 g/mol. The van der Waals surface area contributed by atoms with Gasteiger partial charge in [-0.3, -0.25) is 4.79 Å². The van der Waals surface area contributed by atoms with Crippen molar-refractivity contribution in [2.75, 3.05) is 25.4 Å². The molecule has 1 aromatic rings. The summed E-state index contributed by atoms with van der Waals surface area (Å²) in [5.41, 5.74) is 0.773. The zero-order valence-corrected chi connectivity index (χ0v) is 13.1. The highest BCUT2D eigenvalue weighted by Crippen LogP contribution is 2.32. The van der Waals surface area contributed by atoms with Gasteiger partial charge in [0, 0.05) is 13.1 Å². The van der Waals surface area contributed by atoms with Gasteiger partial charge in [0.2, 0.25) is 15.9 Å². The Balaban J connectivity index is 1.74. The van der Waals surface area contributed by atoms with Crippen LogP contribution in [0.2, 0.25) is 0 Å². The van der Waals surface area contributed by atoms with Crippen LogP contribution in [0.25, 0.3) is 0 Å². The lowest BCUT2D eigenvalue weighted by Gasteiger charge is -2.27. The summed E-state index contributed by atoms with van der Waals surface area (Å²) in [6.45, 7) is 0.897. The van der Waals surface area contributed by atoms with Crippen molar-refractivity contribution in [1.82, 2.24) is 9.21 Å². The van der Waals surface area contributed by atoms with Crippen LogP contribution in [0.4, 0.5) is 4.39 Å². The van der Waals surface area contributed by atoms with E-state index in [4.69, 9.17) is 0 Å². The van der Waals surface area contributed by atoms with Crippen molar-refractivity contribution < 1.29 is 17.6 Å². The van der Waals surface area contributed by atoms with Gasteiger partial charge in [-0.1, -0.05) is 12.1 Å². The third-order valence-electron chi connectivity index (χ3n) is 4.32. The van der Waals surface area contributed by atoms with E-state index in [1.54, 1.807) is 11.0 Å². The van der Waals surface area contributed by atoms with E-state index in [1.165, 1.54) is 16.4 Å². The molecule has 0 aliphatic carbocycles. The maximum atomic E-state index is 13.4. The Morgan fingerprint density at radius 3 is 2.77 bits per heavy atom.